The van der Waals surface area contributed by atoms with Gasteiger partial charge in [-0.1, -0.05) is 31.9 Å². The van der Waals surface area contributed by atoms with Gasteiger partial charge in [0, 0.05) is 12.8 Å². The number of hydrogen-bond donors (Lipinski definition) is 1. The number of ketones is 1. The highest BCUT2D eigenvalue weighted by Crippen LogP contribution is 2.48. The Morgan fingerprint density at radius 3 is 2.78 bits per heavy atom. The predicted octanol–water partition coefficient (Wildman–Crippen LogP) is 3.63. The summed E-state index contributed by atoms with van der Waals surface area (Å²) < 4.78 is 0. The van der Waals surface area contributed by atoms with Gasteiger partial charge in [0.15, 0.2) is 0 Å². The molecule has 0 aromatic rings. The highest BCUT2D eigenvalue weighted by molar-refractivity contribution is 5.80. The number of hydrogen-bond acceptors (Lipinski definition) is 2. The second-order valence-electron chi connectivity index (χ2n) is 6.19. The maximum Gasteiger partial charge on any atom is 0.133 e. The van der Waals surface area contributed by atoms with Gasteiger partial charge in [-0.2, -0.15) is 0 Å². The van der Waals surface area contributed by atoms with Crippen LogP contribution in [0, 0.1) is 11.3 Å². The molecule has 102 valence electrons. The minimum absolute atomic E-state index is 0.181. The van der Waals surface area contributed by atoms with Crippen molar-refractivity contribution in [2.45, 2.75) is 70.8 Å². The fraction of sp³-hybridized carbons (Fsp3) is 0.812. The molecule has 0 radical (unpaired) electrons. The Balaban J connectivity index is 1.78. The Hall–Kier alpha value is -0.630. The minimum atomic E-state index is -0.181. The second-order valence-corrected chi connectivity index (χ2v) is 6.19. The Bertz CT molecular complexity index is 315. The van der Waals surface area contributed by atoms with Crippen molar-refractivity contribution in [2.75, 3.05) is 0 Å². The SMILES string of the molecule is CCCC1(C(O)C/C=C/[C@H]2CCC(=O)C2)CCC1. The van der Waals surface area contributed by atoms with Crippen LogP contribution in [0.25, 0.3) is 0 Å². The molecule has 2 fully saturated rings. The van der Waals surface area contributed by atoms with E-state index in [2.05, 4.69) is 19.1 Å². The zero-order valence-corrected chi connectivity index (χ0v) is 11.5. The van der Waals surface area contributed by atoms with E-state index in [1.54, 1.807) is 0 Å². The number of carbonyl (C=O) groups excluding carboxylic acids is 1. The molecule has 2 nitrogen and oxygen atoms in total. The van der Waals surface area contributed by atoms with Crippen LogP contribution in [0.15, 0.2) is 12.2 Å². The van der Waals surface area contributed by atoms with E-state index in [-0.39, 0.29) is 11.5 Å². The van der Waals surface area contributed by atoms with E-state index in [0.717, 1.165) is 32.1 Å². The van der Waals surface area contributed by atoms with Crippen molar-refractivity contribution < 1.29 is 9.90 Å². The quantitative estimate of drug-likeness (QED) is 0.731. The Labute approximate surface area is 110 Å². The highest BCUT2D eigenvalue weighted by atomic mass is 16.3. The molecule has 0 aromatic heterocycles. The summed E-state index contributed by atoms with van der Waals surface area (Å²) in [7, 11) is 0. The van der Waals surface area contributed by atoms with Crippen LogP contribution >= 0.6 is 0 Å². The number of rotatable bonds is 6. The predicted molar refractivity (Wildman–Crippen MR) is 73.3 cm³/mol. The maximum absolute atomic E-state index is 11.2. The van der Waals surface area contributed by atoms with Gasteiger partial charge in [-0.3, -0.25) is 4.79 Å². The first-order valence-corrected chi connectivity index (χ1v) is 7.53. The molecule has 0 aliphatic heterocycles. The second kappa shape index (κ2) is 6.01. The van der Waals surface area contributed by atoms with E-state index in [1.165, 1.54) is 19.3 Å². The summed E-state index contributed by atoms with van der Waals surface area (Å²) in [6, 6.07) is 0. The summed E-state index contributed by atoms with van der Waals surface area (Å²) in [4.78, 5) is 11.2. The fourth-order valence-electron chi connectivity index (χ4n) is 3.54. The summed E-state index contributed by atoms with van der Waals surface area (Å²) in [6.07, 6.45) is 13.3. The number of allylic oxidation sites excluding steroid dienone is 1. The Morgan fingerprint density at radius 2 is 2.28 bits per heavy atom. The molecule has 2 aliphatic rings. The zero-order valence-electron chi connectivity index (χ0n) is 11.5. The molecule has 0 bridgehead atoms. The van der Waals surface area contributed by atoms with Gasteiger partial charge < -0.3 is 5.11 Å². The summed E-state index contributed by atoms with van der Waals surface area (Å²) in [6.45, 7) is 2.20. The zero-order chi connectivity index (χ0) is 13.0. The molecule has 0 heterocycles. The van der Waals surface area contributed by atoms with E-state index in [0.29, 0.717) is 18.1 Å². The normalized spacial score (nSPS) is 28.6. The van der Waals surface area contributed by atoms with E-state index < -0.39 is 0 Å². The lowest BCUT2D eigenvalue weighted by Crippen LogP contribution is -2.41. The number of aliphatic hydroxyl groups excluding tert-OH is 1. The van der Waals surface area contributed by atoms with Gasteiger partial charge in [-0.05, 0) is 43.4 Å². The third-order valence-corrected chi connectivity index (χ3v) is 4.86. The molecule has 2 rings (SSSR count). The van der Waals surface area contributed by atoms with Gasteiger partial charge in [0.2, 0.25) is 0 Å². The molecular weight excluding hydrogens is 224 g/mol. The summed E-state index contributed by atoms with van der Waals surface area (Å²) in [5, 5.41) is 10.4. The molecule has 1 unspecified atom stereocenters. The van der Waals surface area contributed by atoms with Crippen LogP contribution in [0.4, 0.5) is 0 Å². The van der Waals surface area contributed by atoms with Gasteiger partial charge in [-0.25, -0.2) is 0 Å². The summed E-state index contributed by atoms with van der Waals surface area (Å²) in [5.74, 6) is 0.833. The monoisotopic (exact) mass is 250 g/mol. The lowest BCUT2D eigenvalue weighted by Gasteiger charge is -2.45. The molecule has 0 aromatic carbocycles. The van der Waals surface area contributed by atoms with Gasteiger partial charge in [-0.15, -0.1) is 0 Å². The van der Waals surface area contributed by atoms with Crippen molar-refractivity contribution in [2.24, 2.45) is 11.3 Å². The third kappa shape index (κ3) is 3.03. The van der Waals surface area contributed by atoms with Crippen LogP contribution in [0.3, 0.4) is 0 Å². The van der Waals surface area contributed by atoms with Gasteiger partial charge in [0.05, 0.1) is 6.10 Å². The third-order valence-electron chi connectivity index (χ3n) is 4.86. The molecule has 0 saturated heterocycles. The molecule has 0 spiro atoms. The largest absolute Gasteiger partial charge is 0.392 e. The van der Waals surface area contributed by atoms with Gasteiger partial charge in [0.25, 0.3) is 0 Å². The maximum atomic E-state index is 11.2. The first kappa shape index (κ1) is 13.8. The Kier molecular flexibility index (Phi) is 4.60. The van der Waals surface area contributed by atoms with Crippen LogP contribution in [-0.4, -0.2) is 17.0 Å². The first-order chi connectivity index (χ1) is 8.66. The molecule has 1 N–H and O–H groups in total. The number of carbonyl (C=O) groups is 1. The van der Waals surface area contributed by atoms with Gasteiger partial charge >= 0.3 is 0 Å². The summed E-state index contributed by atoms with van der Waals surface area (Å²) >= 11 is 0. The smallest absolute Gasteiger partial charge is 0.133 e. The highest BCUT2D eigenvalue weighted by Gasteiger charge is 2.41. The van der Waals surface area contributed by atoms with Crippen LogP contribution in [0.2, 0.25) is 0 Å². The van der Waals surface area contributed by atoms with Crippen molar-refractivity contribution in [3.05, 3.63) is 12.2 Å². The van der Waals surface area contributed by atoms with Crippen LogP contribution in [0.1, 0.15) is 64.7 Å². The Morgan fingerprint density at radius 1 is 1.50 bits per heavy atom. The number of aliphatic hydroxyl groups is 1. The lowest BCUT2D eigenvalue weighted by atomic mass is 9.62. The molecule has 2 saturated carbocycles. The van der Waals surface area contributed by atoms with Crippen molar-refractivity contribution in [3.8, 4) is 0 Å². The van der Waals surface area contributed by atoms with Crippen molar-refractivity contribution in [1.82, 2.24) is 0 Å². The average Bonchev–Trinajstić information content (AvgIpc) is 2.69. The van der Waals surface area contributed by atoms with E-state index in [1.807, 2.05) is 0 Å². The number of Topliss-reactive ketones (excluding diaryl/α,β-unsaturated/α-hetero) is 1. The lowest BCUT2D eigenvalue weighted by molar-refractivity contribution is -0.117. The van der Waals surface area contributed by atoms with Crippen LogP contribution in [-0.2, 0) is 4.79 Å². The van der Waals surface area contributed by atoms with Crippen LogP contribution in [0.5, 0.6) is 0 Å². The molecule has 2 heteroatoms. The first-order valence-electron chi connectivity index (χ1n) is 7.53. The van der Waals surface area contributed by atoms with Crippen LogP contribution < -0.4 is 0 Å². The van der Waals surface area contributed by atoms with E-state index in [9.17, 15) is 9.90 Å². The minimum Gasteiger partial charge on any atom is -0.392 e. The standard InChI is InChI=1S/C16H26O2/c1-2-9-16(10-4-11-16)15(18)6-3-5-13-7-8-14(17)12-13/h3,5,13,15,18H,2,4,6-12H2,1H3/b5-3+/t13-,15?/m0/s1. The molecule has 18 heavy (non-hydrogen) atoms. The molecule has 2 atom stereocenters. The molecule has 0 amide bonds. The average molecular weight is 250 g/mol. The molecular formula is C16H26O2. The summed E-state index contributed by atoms with van der Waals surface area (Å²) in [5.41, 5.74) is 0.213. The molecule has 2 aliphatic carbocycles. The van der Waals surface area contributed by atoms with Crippen molar-refractivity contribution in [1.29, 1.82) is 0 Å². The van der Waals surface area contributed by atoms with Crippen molar-refractivity contribution >= 4 is 5.78 Å². The van der Waals surface area contributed by atoms with Crippen molar-refractivity contribution in [3.63, 3.8) is 0 Å². The van der Waals surface area contributed by atoms with E-state index >= 15 is 0 Å². The van der Waals surface area contributed by atoms with E-state index in [4.69, 9.17) is 0 Å². The topological polar surface area (TPSA) is 37.3 Å². The fourth-order valence-corrected chi connectivity index (χ4v) is 3.54. The van der Waals surface area contributed by atoms with Gasteiger partial charge in [0.1, 0.15) is 5.78 Å².